The van der Waals surface area contributed by atoms with Crippen LogP contribution in [-0.2, 0) is 38.6 Å². The largest absolute Gasteiger partial charge is 0.505 e. The second-order valence-electron chi connectivity index (χ2n) is 10.5. The summed E-state index contributed by atoms with van der Waals surface area (Å²) in [6.45, 7) is 3.94. The maximum absolute atomic E-state index is 13.7. The minimum atomic E-state index is -0.121. The Labute approximate surface area is 253 Å². The fourth-order valence-electron chi connectivity index (χ4n) is 5.27. The van der Waals surface area contributed by atoms with E-state index in [9.17, 15) is 9.00 Å². The maximum atomic E-state index is 13.7. The molecule has 0 bridgehead atoms. The second kappa shape index (κ2) is 13.5. The monoisotopic (exact) mass is 602 g/mol. The summed E-state index contributed by atoms with van der Waals surface area (Å²) in [7, 11) is 0. The normalized spacial score (nSPS) is 15.5. The molecule has 2 aliphatic heterocycles. The number of amides is 1. The van der Waals surface area contributed by atoms with E-state index in [4.69, 9.17) is 14.5 Å². The average Bonchev–Trinajstić information content (AvgIpc) is 3.77. The van der Waals surface area contributed by atoms with E-state index >= 15 is 0 Å². The van der Waals surface area contributed by atoms with Gasteiger partial charge < -0.3 is 14.4 Å². The summed E-state index contributed by atoms with van der Waals surface area (Å²) in [5.41, 5.74) is 3.60. The van der Waals surface area contributed by atoms with E-state index in [0.29, 0.717) is 66.7 Å². The lowest BCUT2D eigenvalue weighted by molar-refractivity contribution is -0.125. The molecule has 1 aromatic carbocycles. The van der Waals surface area contributed by atoms with E-state index < -0.39 is 0 Å². The third-order valence-electron chi connectivity index (χ3n) is 7.60. The molecular weight excluding hydrogens is 571 g/mol. The van der Waals surface area contributed by atoms with Crippen molar-refractivity contribution in [1.29, 1.82) is 0 Å². The molecule has 0 atom stereocenters. The molecule has 11 heteroatoms. The molecule has 5 heterocycles. The van der Waals surface area contributed by atoms with Crippen LogP contribution in [0.15, 0.2) is 71.9 Å². The molecule has 1 amide bonds. The van der Waals surface area contributed by atoms with Crippen LogP contribution in [-0.4, -0.2) is 46.6 Å². The quantitative estimate of drug-likeness (QED) is 0.219. The average molecular weight is 603 g/mol. The highest BCUT2D eigenvalue weighted by molar-refractivity contribution is 7.65. The number of pyridine rings is 2. The lowest BCUT2D eigenvalue weighted by Gasteiger charge is -2.28. The summed E-state index contributed by atoms with van der Waals surface area (Å²) >= 11 is 1.66. The number of hydrogen-bond acceptors (Lipinski definition) is 9. The minimum absolute atomic E-state index is 0.0288. The molecule has 0 aliphatic carbocycles. The van der Waals surface area contributed by atoms with Crippen LogP contribution in [0.5, 0.6) is 5.06 Å². The molecule has 42 heavy (non-hydrogen) atoms. The molecule has 0 N–H and O–H groups in total. The highest BCUT2D eigenvalue weighted by Gasteiger charge is 2.29. The van der Waals surface area contributed by atoms with E-state index in [-0.39, 0.29) is 11.8 Å². The van der Waals surface area contributed by atoms with E-state index in [0.717, 1.165) is 41.3 Å². The third kappa shape index (κ3) is 6.80. The fraction of sp³-hybridized carbons (Fsp3) is 0.355. The van der Waals surface area contributed by atoms with Crippen molar-refractivity contribution in [2.24, 2.45) is 5.92 Å². The van der Waals surface area contributed by atoms with Crippen molar-refractivity contribution in [2.75, 3.05) is 36.1 Å². The first kappa shape index (κ1) is 28.3. The third-order valence-corrected chi connectivity index (χ3v) is 8.74. The summed E-state index contributed by atoms with van der Waals surface area (Å²) in [5.74, 6) is 1.48. The predicted molar refractivity (Wildman–Crippen MR) is 163 cm³/mol. The van der Waals surface area contributed by atoms with Gasteiger partial charge in [0.25, 0.3) is 4.90 Å². The van der Waals surface area contributed by atoms with Gasteiger partial charge in [0, 0.05) is 84.1 Å². The van der Waals surface area contributed by atoms with Crippen LogP contribution in [0.3, 0.4) is 0 Å². The van der Waals surface area contributed by atoms with Crippen molar-refractivity contribution in [3.05, 3.63) is 78.1 Å². The fourth-order valence-corrected chi connectivity index (χ4v) is 6.20. The minimum Gasteiger partial charge on any atom is -0.478 e. The van der Waals surface area contributed by atoms with Gasteiger partial charge >= 0.3 is 11.7 Å². The lowest BCUT2D eigenvalue weighted by atomic mass is 9.98. The number of anilines is 2. The molecule has 0 radical (unpaired) electrons. The standard InChI is InChI=1S/C31H32N5O4S2/c37-31(24-10-14-39-15-11-24)36(29-17-30(41-34-29)40-21-22-4-3-5-26(16-22)42-38)20-23-6-8-27(32-18-23)25-7-9-28(33-19-25)35-12-1-2-13-35/h3-9,16-19,24H,1-2,10-15,20-21H2/q+1. The lowest BCUT2D eigenvalue weighted by Crippen LogP contribution is -2.38. The van der Waals surface area contributed by atoms with Crippen molar-refractivity contribution in [2.45, 2.75) is 43.7 Å². The van der Waals surface area contributed by atoms with E-state index in [2.05, 4.69) is 26.4 Å². The molecule has 3 aromatic heterocycles. The number of benzene rings is 1. The highest BCUT2D eigenvalue weighted by atomic mass is 32.1. The number of ether oxygens (including phenoxy) is 2. The molecule has 0 saturated carbocycles. The van der Waals surface area contributed by atoms with Gasteiger partial charge in [-0.05, 0) is 55.0 Å². The molecule has 6 rings (SSSR count). The van der Waals surface area contributed by atoms with Crippen LogP contribution in [0.2, 0.25) is 0 Å². The molecule has 4 aromatic rings. The van der Waals surface area contributed by atoms with Gasteiger partial charge in [-0.3, -0.25) is 14.7 Å². The van der Waals surface area contributed by atoms with Crippen molar-refractivity contribution in [3.63, 3.8) is 0 Å². The first-order chi connectivity index (χ1) is 20.7. The molecule has 0 unspecified atom stereocenters. The Morgan fingerprint density at radius 2 is 1.88 bits per heavy atom. The number of rotatable bonds is 10. The number of aromatic nitrogens is 3. The van der Waals surface area contributed by atoms with Crippen LogP contribution in [0.25, 0.3) is 11.3 Å². The summed E-state index contributed by atoms with van der Waals surface area (Å²) in [4.78, 5) is 27.8. The zero-order valence-corrected chi connectivity index (χ0v) is 24.8. The Morgan fingerprint density at radius 1 is 1.02 bits per heavy atom. The molecule has 2 saturated heterocycles. The van der Waals surface area contributed by atoms with Gasteiger partial charge in [-0.15, -0.1) is 0 Å². The predicted octanol–water partition coefficient (Wildman–Crippen LogP) is 5.53. The van der Waals surface area contributed by atoms with E-state index in [1.807, 2.05) is 48.8 Å². The van der Waals surface area contributed by atoms with Crippen LogP contribution in [0.1, 0.15) is 36.8 Å². The topological polar surface area (TPSA) is 97.8 Å². The number of hydrogen-bond donors (Lipinski definition) is 0. The van der Waals surface area contributed by atoms with E-state index in [1.54, 1.807) is 11.0 Å². The zero-order chi connectivity index (χ0) is 28.7. The van der Waals surface area contributed by atoms with Crippen LogP contribution < -0.4 is 14.5 Å². The summed E-state index contributed by atoms with van der Waals surface area (Å²) < 4.78 is 27.2. The highest BCUT2D eigenvalue weighted by Crippen LogP contribution is 2.30. The Hall–Kier alpha value is -3.80. The number of carbonyl (C=O) groups is 1. The summed E-state index contributed by atoms with van der Waals surface area (Å²) in [5, 5.41) is 0.605. The van der Waals surface area contributed by atoms with Gasteiger partial charge in [-0.1, -0.05) is 18.2 Å². The van der Waals surface area contributed by atoms with Gasteiger partial charge in [0.2, 0.25) is 5.91 Å². The Kier molecular flexibility index (Phi) is 9.07. The van der Waals surface area contributed by atoms with E-state index in [1.165, 1.54) is 24.4 Å². The van der Waals surface area contributed by atoms with Crippen LogP contribution in [0.4, 0.5) is 11.6 Å². The van der Waals surface area contributed by atoms with Crippen molar-refractivity contribution >= 4 is 40.7 Å². The van der Waals surface area contributed by atoms with Gasteiger partial charge in [0.1, 0.15) is 12.4 Å². The molecule has 216 valence electrons. The first-order valence-corrected chi connectivity index (χ1v) is 15.7. The summed E-state index contributed by atoms with van der Waals surface area (Å²) in [6, 6.07) is 17.3. The van der Waals surface area contributed by atoms with Crippen molar-refractivity contribution < 1.29 is 18.5 Å². The molecule has 2 fully saturated rings. The molecular formula is C31H32N5O4S2+. The number of nitrogens with zero attached hydrogens (tertiary/aromatic N) is 5. The molecule has 2 aliphatic rings. The zero-order valence-electron chi connectivity index (χ0n) is 23.2. The van der Waals surface area contributed by atoms with Crippen molar-refractivity contribution in [3.8, 4) is 16.3 Å². The van der Waals surface area contributed by atoms with Crippen LogP contribution >= 0.6 is 11.5 Å². The Bertz CT molecular complexity index is 1500. The smallest absolute Gasteiger partial charge is 0.478 e. The van der Waals surface area contributed by atoms with Gasteiger partial charge in [0.05, 0.1) is 12.2 Å². The summed E-state index contributed by atoms with van der Waals surface area (Å²) in [6.07, 6.45) is 7.50. The first-order valence-electron chi connectivity index (χ1n) is 14.2. The Balaban J connectivity index is 1.17. The SMILES string of the molecule is O=[S+]c1cccc(COc2cc(N(Cc3ccc(-c4ccc(N5CCCC5)nc4)nc3)C(=O)C3CCOCC3)ns2)c1. The maximum Gasteiger partial charge on any atom is 0.505 e. The van der Waals surface area contributed by atoms with Crippen molar-refractivity contribution in [1.82, 2.24) is 14.3 Å². The van der Waals surface area contributed by atoms with Gasteiger partial charge in [-0.2, -0.15) is 4.37 Å². The van der Waals surface area contributed by atoms with Crippen LogP contribution in [0, 0.1) is 5.92 Å². The Morgan fingerprint density at radius 3 is 2.62 bits per heavy atom. The second-order valence-corrected chi connectivity index (χ2v) is 11.9. The molecule has 9 nitrogen and oxygen atoms in total. The molecule has 0 spiro atoms. The van der Waals surface area contributed by atoms with Gasteiger partial charge in [-0.25, -0.2) is 4.98 Å². The van der Waals surface area contributed by atoms with Gasteiger partial charge in [0.15, 0.2) is 10.9 Å². The number of carbonyl (C=O) groups excluding carboxylic acids is 1.